The highest BCUT2D eigenvalue weighted by Gasteiger charge is 2.28. The van der Waals surface area contributed by atoms with Crippen molar-refractivity contribution in [3.8, 4) is 0 Å². The molecule has 34 heavy (non-hydrogen) atoms. The van der Waals surface area contributed by atoms with Crippen molar-refractivity contribution < 1.29 is 27.1 Å². The third kappa shape index (κ3) is 6.54. The van der Waals surface area contributed by atoms with Crippen LogP contribution in [0.1, 0.15) is 35.2 Å². The van der Waals surface area contributed by atoms with Gasteiger partial charge in [0.2, 0.25) is 5.91 Å². The molecule has 2 amide bonds. The second-order valence-corrected chi connectivity index (χ2v) is 9.98. The van der Waals surface area contributed by atoms with Crippen molar-refractivity contribution in [2.24, 2.45) is 5.92 Å². The highest BCUT2D eigenvalue weighted by molar-refractivity contribution is 7.92. The molecule has 3 rings (SSSR count). The van der Waals surface area contributed by atoms with E-state index in [1.54, 1.807) is 31.1 Å². The highest BCUT2D eigenvalue weighted by atomic mass is 32.2. The molecule has 0 aliphatic carbocycles. The fourth-order valence-electron chi connectivity index (χ4n) is 3.77. The van der Waals surface area contributed by atoms with Gasteiger partial charge in [0.15, 0.2) is 0 Å². The van der Waals surface area contributed by atoms with Gasteiger partial charge in [0, 0.05) is 50.5 Å². The molecule has 184 valence electrons. The number of sulfonamides is 1. The molecule has 10 heteroatoms. The van der Waals surface area contributed by atoms with Crippen LogP contribution < -0.4 is 10.0 Å². The van der Waals surface area contributed by atoms with Crippen molar-refractivity contribution >= 4 is 27.5 Å². The lowest BCUT2D eigenvalue weighted by atomic mass is 9.95. The van der Waals surface area contributed by atoms with Gasteiger partial charge in [-0.3, -0.25) is 14.3 Å². The Bertz CT molecular complexity index is 1130. The summed E-state index contributed by atoms with van der Waals surface area (Å²) in [6.45, 7) is 3.57. The minimum atomic E-state index is -4.02. The van der Waals surface area contributed by atoms with Crippen molar-refractivity contribution in [3.05, 3.63) is 59.4 Å². The first-order valence-electron chi connectivity index (χ1n) is 11.2. The quantitative estimate of drug-likeness (QED) is 0.525. The van der Waals surface area contributed by atoms with Gasteiger partial charge in [-0.05, 0) is 62.1 Å². The fourth-order valence-corrected chi connectivity index (χ4v) is 4.83. The van der Waals surface area contributed by atoms with E-state index in [0.717, 1.165) is 12.5 Å². The van der Waals surface area contributed by atoms with Crippen molar-refractivity contribution in [1.29, 1.82) is 0 Å². The first-order chi connectivity index (χ1) is 16.2. The topological polar surface area (TPSA) is 105 Å². The number of nitrogens with zero attached hydrogens (tertiary/aromatic N) is 1. The molecule has 0 spiro atoms. The van der Waals surface area contributed by atoms with E-state index < -0.39 is 15.8 Å². The second-order valence-electron chi connectivity index (χ2n) is 8.30. The number of hydrogen-bond donors (Lipinski definition) is 2. The van der Waals surface area contributed by atoms with Crippen LogP contribution >= 0.6 is 0 Å². The zero-order chi connectivity index (χ0) is 24.7. The van der Waals surface area contributed by atoms with Crippen molar-refractivity contribution in [3.63, 3.8) is 0 Å². The van der Waals surface area contributed by atoms with E-state index in [1.807, 2.05) is 0 Å². The summed E-state index contributed by atoms with van der Waals surface area (Å²) in [5.41, 5.74) is 0.883. The summed E-state index contributed by atoms with van der Waals surface area (Å²) in [4.78, 5) is 26.7. The Morgan fingerprint density at radius 1 is 1.15 bits per heavy atom. The number of likely N-dealkylation sites (tertiary alicyclic amines) is 1. The van der Waals surface area contributed by atoms with Crippen LogP contribution in [0, 0.1) is 18.7 Å². The molecule has 2 aromatic carbocycles. The van der Waals surface area contributed by atoms with Gasteiger partial charge >= 0.3 is 0 Å². The summed E-state index contributed by atoms with van der Waals surface area (Å²) in [5, 5.41) is 2.90. The first kappa shape index (κ1) is 25.6. The van der Waals surface area contributed by atoms with Gasteiger partial charge < -0.3 is 15.0 Å². The van der Waals surface area contributed by atoms with Crippen LogP contribution in [-0.2, 0) is 19.6 Å². The van der Waals surface area contributed by atoms with Crippen LogP contribution in [0.3, 0.4) is 0 Å². The molecule has 0 unspecified atom stereocenters. The molecule has 2 aromatic rings. The number of piperidine rings is 1. The standard InChI is InChI=1S/C24H30FN3O5S/c1-17-7-8-21(16-22(17)25)34(31,32)27-20-6-3-5-19(15-20)24(30)28-12-9-18(10-13-28)23(29)26-11-4-14-33-2/h3,5-8,15-16,18,27H,4,9-14H2,1-2H3,(H,26,29). The van der Waals surface area contributed by atoms with Gasteiger partial charge in [0.25, 0.3) is 15.9 Å². The number of amides is 2. The summed E-state index contributed by atoms with van der Waals surface area (Å²) >= 11 is 0. The number of benzene rings is 2. The Hall–Kier alpha value is -2.98. The minimum Gasteiger partial charge on any atom is -0.385 e. The normalized spacial score (nSPS) is 14.6. The molecule has 8 nitrogen and oxygen atoms in total. The minimum absolute atomic E-state index is 0.00727. The van der Waals surface area contributed by atoms with Gasteiger partial charge in [-0.15, -0.1) is 0 Å². The van der Waals surface area contributed by atoms with Gasteiger partial charge in [-0.1, -0.05) is 12.1 Å². The molecule has 0 radical (unpaired) electrons. The maximum atomic E-state index is 13.8. The lowest BCUT2D eigenvalue weighted by Gasteiger charge is -2.31. The summed E-state index contributed by atoms with van der Waals surface area (Å²) in [7, 11) is -2.40. The maximum Gasteiger partial charge on any atom is 0.261 e. The predicted molar refractivity (Wildman–Crippen MR) is 127 cm³/mol. The van der Waals surface area contributed by atoms with E-state index in [2.05, 4.69) is 10.0 Å². The van der Waals surface area contributed by atoms with Gasteiger partial charge in [-0.2, -0.15) is 0 Å². The Morgan fingerprint density at radius 3 is 2.56 bits per heavy atom. The number of methoxy groups -OCH3 is 1. The average molecular weight is 492 g/mol. The monoisotopic (exact) mass is 491 g/mol. The van der Waals surface area contributed by atoms with Crippen LogP contribution in [0.25, 0.3) is 0 Å². The average Bonchev–Trinajstić information content (AvgIpc) is 2.83. The number of carbonyl (C=O) groups is 2. The number of rotatable bonds is 9. The Labute approximate surface area is 199 Å². The number of halogens is 1. The lowest BCUT2D eigenvalue weighted by Crippen LogP contribution is -2.43. The van der Waals surface area contributed by atoms with Crippen LogP contribution in [0.15, 0.2) is 47.4 Å². The van der Waals surface area contributed by atoms with Crippen molar-refractivity contribution in [1.82, 2.24) is 10.2 Å². The number of carbonyl (C=O) groups excluding carboxylic acids is 2. The molecule has 1 aliphatic rings. The molecule has 1 aliphatic heterocycles. The SMILES string of the molecule is COCCCNC(=O)C1CCN(C(=O)c2cccc(NS(=O)(=O)c3ccc(C)c(F)c3)c2)CC1. The maximum absolute atomic E-state index is 13.8. The highest BCUT2D eigenvalue weighted by Crippen LogP contribution is 2.22. The molecular formula is C24H30FN3O5S. The molecule has 0 atom stereocenters. The van der Waals surface area contributed by atoms with Crippen LogP contribution in [-0.4, -0.2) is 58.5 Å². The van der Waals surface area contributed by atoms with Crippen molar-refractivity contribution in [2.75, 3.05) is 38.1 Å². The predicted octanol–water partition coefficient (Wildman–Crippen LogP) is 2.94. The number of ether oxygens (including phenoxy) is 1. The Morgan fingerprint density at radius 2 is 1.88 bits per heavy atom. The number of aryl methyl sites for hydroxylation is 1. The number of anilines is 1. The van der Waals surface area contributed by atoms with E-state index in [1.165, 1.54) is 24.3 Å². The molecule has 0 aromatic heterocycles. The largest absolute Gasteiger partial charge is 0.385 e. The summed E-state index contributed by atoms with van der Waals surface area (Å²) < 4.78 is 46.5. The van der Waals surface area contributed by atoms with E-state index >= 15 is 0 Å². The number of hydrogen-bond acceptors (Lipinski definition) is 5. The van der Waals surface area contributed by atoms with Crippen LogP contribution in [0.2, 0.25) is 0 Å². The zero-order valence-corrected chi connectivity index (χ0v) is 20.2. The molecule has 2 N–H and O–H groups in total. The summed E-state index contributed by atoms with van der Waals surface area (Å²) in [5.74, 6) is -0.993. The summed E-state index contributed by atoms with van der Waals surface area (Å²) in [6, 6.07) is 9.87. The van der Waals surface area contributed by atoms with Gasteiger partial charge in [0.05, 0.1) is 4.90 Å². The molecule has 0 bridgehead atoms. The van der Waals surface area contributed by atoms with E-state index in [-0.39, 0.29) is 28.3 Å². The molecule has 1 heterocycles. The first-order valence-corrected chi connectivity index (χ1v) is 12.6. The second kappa shape index (κ2) is 11.4. The molecular weight excluding hydrogens is 461 g/mol. The summed E-state index contributed by atoms with van der Waals surface area (Å²) in [6.07, 6.45) is 1.87. The fraction of sp³-hybridized carbons (Fsp3) is 0.417. The Kier molecular flexibility index (Phi) is 8.62. The number of nitrogens with one attached hydrogen (secondary N) is 2. The van der Waals surface area contributed by atoms with E-state index in [4.69, 9.17) is 4.74 Å². The molecule has 1 saturated heterocycles. The third-order valence-electron chi connectivity index (χ3n) is 5.79. The van der Waals surface area contributed by atoms with Crippen LogP contribution in [0.4, 0.5) is 10.1 Å². The van der Waals surface area contributed by atoms with Crippen LogP contribution in [0.5, 0.6) is 0 Å². The zero-order valence-electron chi connectivity index (χ0n) is 19.3. The van der Waals surface area contributed by atoms with Gasteiger partial charge in [0.1, 0.15) is 5.82 Å². The third-order valence-corrected chi connectivity index (χ3v) is 7.17. The molecule has 1 fully saturated rings. The van der Waals surface area contributed by atoms with E-state index in [0.29, 0.717) is 50.2 Å². The molecule has 0 saturated carbocycles. The smallest absolute Gasteiger partial charge is 0.261 e. The van der Waals surface area contributed by atoms with Crippen molar-refractivity contribution in [2.45, 2.75) is 31.1 Å². The van der Waals surface area contributed by atoms with E-state index in [9.17, 15) is 22.4 Å². The lowest BCUT2D eigenvalue weighted by molar-refractivity contribution is -0.126. The Balaban J connectivity index is 1.60. The van der Waals surface area contributed by atoms with Gasteiger partial charge in [-0.25, -0.2) is 12.8 Å².